The summed E-state index contributed by atoms with van der Waals surface area (Å²) < 4.78 is 0. The maximum atomic E-state index is 3.76. The summed E-state index contributed by atoms with van der Waals surface area (Å²) in [6, 6.07) is 10.8. The number of hydrogen-bond acceptors (Lipinski definition) is 1. The first kappa shape index (κ1) is 12.6. The van der Waals surface area contributed by atoms with Gasteiger partial charge < -0.3 is 5.32 Å². The van der Waals surface area contributed by atoms with Crippen molar-refractivity contribution in [1.29, 1.82) is 0 Å². The van der Waals surface area contributed by atoms with Crippen molar-refractivity contribution in [3.8, 4) is 0 Å². The predicted molar refractivity (Wildman–Crippen MR) is 74.3 cm³/mol. The highest BCUT2D eigenvalue weighted by Crippen LogP contribution is 2.29. The Balaban J connectivity index is 1.75. The monoisotopic (exact) mass is 231 g/mol. The van der Waals surface area contributed by atoms with E-state index >= 15 is 0 Å². The van der Waals surface area contributed by atoms with E-state index in [9.17, 15) is 0 Å². The highest BCUT2D eigenvalue weighted by atomic mass is 15.0. The van der Waals surface area contributed by atoms with Crippen molar-refractivity contribution >= 4 is 0 Å². The molecule has 1 heteroatoms. The van der Waals surface area contributed by atoms with Crippen molar-refractivity contribution in [3.05, 3.63) is 35.9 Å². The van der Waals surface area contributed by atoms with Crippen LogP contribution in [0, 0.1) is 0 Å². The van der Waals surface area contributed by atoms with Gasteiger partial charge in [-0.2, -0.15) is 0 Å². The minimum Gasteiger partial charge on any atom is -0.311 e. The number of benzene rings is 1. The molecule has 0 amide bonds. The Kier molecular flexibility index (Phi) is 4.22. The highest BCUT2D eigenvalue weighted by molar-refractivity contribution is 5.18. The molecule has 0 heterocycles. The summed E-state index contributed by atoms with van der Waals surface area (Å²) in [5.74, 6) is 0.661. The zero-order chi connectivity index (χ0) is 12.1. The fourth-order valence-electron chi connectivity index (χ4n) is 2.87. The Morgan fingerprint density at radius 3 is 2.47 bits per heavy atom. The second-order valence-corrected chi connectivity index (χ2v) is 5.79. The Labute approximate surface area is 106 Å². The molecule has 94 valence electrons. The largest absolute Gasteiger partial charge is 0.311 e. The average molecular weight is 231 g/mol. The van der Waals surface area contributed by atoms with E-state index in [-0.39, 0.29) is 0 Å². The van der Waals surface area contributed by atoms with Crippen LogP contribution in [0.25, 0.3) is 0 Å². The fourth-order valence-corrected chi connectivity index (χ4v) is 2.87. The quantitative estimate of drug-likeness (QED) is 0.804. The van der Waals surface area contributed by atoms with Gasteiger partial charge in [0.2, 0.25) is 0 Å². The van der Waals surface area contributed by atoms with Crippen LogP contribution in [0.1, 0.15) is 57.4 Å². The van der Waals surface area contributed by atoms with Gasteiger partial charge in [0.05, 0.1) is 0 Å². The van der Waals surface area contributed by atoms with E-state index in [4.69, 9.17) is 0 Å². The summed E-state index contributed by atoms with van der Waals surface area (Å²) in [5, 5.41) is 3.76. The van der Waals surface area contributed by atoms with Crippen LogP contribution in [0.4, 0.5) is 0 Å². The van der Waals surface area contributed by atoms with Crippen LogP contribution in [0.5, 0.6) is 0 Å². The second-order valence-electron chi connectivity index (χ2n) is 5.79. The summed E-state index contributed by atoms with van der Waals surface area (Å²) in [7, 11) is 0. The van der Waals surface area contributed by atoms with Gasteiger partial charge in [0.1, 0.15) is 0 Å². The third kappa shape index (κ3) is 3.57. The summed E-state index contributed by atoms with van der Waals surface area (Å²) >= 11 is 0. The first-order chi connectivity index (χ1) is 8.20. The average Bonchev–Trinajstić information content (AvgIpc) is 2.77. The van der Waals surface area contributed by atoms with Gasteiger partial charge in [0.25, 0.3) is 0 Å². The molecule has 1 aromatic carbocycles. The summed E-state index contributed by atoms with van der Waals surface area (Å²) in [5.41, 5.74) is 1.89. The third-order valence-electron chi connectivity index (χ3n) is 4.20. The van der Waals surface area contributed by atoms with Gasteiger partial charge in [-0.05, 0) is 44.2 Å². The number of hydrogen-bond donors (Lipinski definition) is 1. The van der Waals surface area contributed by atoms with Crippen LogP contribution in [-0.2, 0) is 0 Å². The minimum atomic E-state index is 0.427. The molecule has 0 radical (unpaired) electrons. The van der Waals surface area contributed by atoms with Crippen LogP contribution >= 0.6 is 0 Å². The van der Waals surface area contributed by atoms with E-state index < -0.39 is 0 Å². The van der Waals surface area contributed by atoms with Crippen molar-refractivity contribution in [2.75, 3.05) is 6.54 Å². The van der Waals surface area contributed by atoms with Crippen molar-refractivity contribution in [3.63, 3.8) is 0 Å². The van der Waals surface area contributed by atoms with E-state index in [0.29, 0.717) is 11.5 Å². The molecular weight excluding hydrogens is 206 g/mol. The summed E-state index contributed by atoms with van der Waals surface area (Å²) in [6.07, 6.45) is 6.74. The standard InChI is InChI=1S/C16H25N/c1-14(15-8-4-3-5-9-15)10-13-17-16(2)11-6-7-12-16/h3-5,8-9,14,17H,6-7,10-13H2,1-2H3. The lowest BCUT2D eigenvalue weighted by Crippen LogP contribution is -2.40. The molecule has 1 saturated carbocycles. The zero-order valence-electron chi connectivity index (χ0n) is 11.2. The van der Waals surface area contributed by atoms with Crippen LogP contribution in [0.15, 0.2) is 30.3 Å². The van der Waals surface area contributed by atoms with Gasteiger partial charge in [-0.3, -0.25) is 0 Å². The SMILES string of the molecule is CC(CCNC1(C)CCCC1)c1ccccc1. The van der Waals surface area contributed by atoms with Gasteiger partial charge in [-0.25, -0.2) is 0 Å². The van der Waals surface area contributed by atoms with Gasteiger partial charge in [0, 0.05) is 5.54 Å². The van der Waals surface area contributed by atoms with E-state index in [1.165, 1.54) is 37.7 Å². The Morgan fingerprint density at radius 1 is 1.18 bits per heavy atom. The molecule has 1 unspecified atom stereocenters. The molecular formula is C16H25N. The molecule has 1 aliphatic rings. The molecule has 0 aromatic heterocycles. The van der Waals surface area contributed by atoms with E-state index in [2.05, 4.69) is 49.5 Å². The van der Waals surface area contributed by atoms with E-state index in [1.807, 2.05) is 0 Å². The molecule has 0 spiro atoms. The van der Waals surface area contributed by atoms with Crippen LogP contribution in [-0.4, -0.2) is 12.1 Å². The van der Waals surface area contributed by atoms with Crippen molar-refractivity contribution in [2.45, 2.75) is 57.4 Å². The molecule has 17 heavy (non-hydrogen) atoms. The molecule has 0 aliphatic heterocycles. The van der Waals surface area contributed by atoms with Crippen LogP contribution in [0.2, 0.25) is 0 Å². The fraction of sp³-hybridized carbons (Fsp3) is 0.625. The van der Waals surface area contributed by atoms with Gasteiger partial charge in [-0.1, -0.05) is 50.1 Å². The van der Waals surface area contributed by atoms with Crippen molar-refractivity contribution in [1.82, 2.24) is 5.32 Å². The summed E-state index contributed by atoms with van der Waals surface area (Å²) in [6.45, 7) is 5.85. The highest BCUT2D eigenvalue weighted by Gasteiger charge is 2.27. The molecule has 1 nitrogen and oxygen atoms in total. The maximum absolute atomic E-state index is 3.76. The van der Waals surface area contributed by atoms with Gasteiger partial charge >= 0.3 is 0 Å². The number of nitrogens with one attached hydrogen (secondary N) is 1. The normalized spacial score (nSPS) is 20.4. The molecule has 0 bridgehead atoms. The molecule has 1 aliphatic carbocycles. The van der Waals surface area contributed by atoms with Crippen molar-refractivity contribution < 1.29 is 0 Å². The van der Waals surface area contributed by atoms with Crippen LogP contribution in [0.3, 0.4) is 0 Å². The minimum absolute atomic E-state index is 0.427. The molecule has 1 atom stereocenters. The number of rotatable bonds is 5. The zero-order valence-corrected chi connectivity index (χ0v) is 11.2. The lowest BCUT2D eigenvalue weighted by Gasteiger charge is -2.26. The Bertz CT molecular complexity index is 325. The van der Waals surface area contributed by atoms with E-state index in [0.717, 1.165) is 6.54 Å². The second kappa shape index (κ2) is 5.68. The Morgan fingerprint density at radius 2 is 1.82 bits per heavy atom. The maximum Gasteiger partial charge on any atom is 0.0153 e. The molecule has 1 fully saturated rings. The third-order valence-corrected chi connectivity index (χ3v) is 4.20. The molecule has 1 N–H and O–H groups in total. The molecule has 2 rings (SSSR count). The predicted octanol–water partition coefficient (Wildman–Crippen LogP) is 4.10. The van der Waals surface area contributed by atoms with E-state index in [1.54, 1.807) is 0 Å². The lowest BCUT2D eigenvalue weighted by atomic mass is 9.96. The molecule has 0 saturated heterocycles. The summed E-state index contributed by atoms with van der Waals surface area (Å²) in [4.78, 5) is 0. The molecule has 1 aromatic rings. The van der Waals surface area contributed by atoms with Crippen LogP contribution < -0.4 is 5.32 Å². The van der Waals surface area contributed by atoms with Crippen molar-refractivity contribution in [2.24, 2.45) is 0 Å². The topological polar surface area (TPSA) is 12.0 Å². The van der Waals surface area contributed by atoms with Gasteiger partial charge in [-0.15, -0.1) is 0 Å². The lowest BCUT2D eigenvalue weighted by molar-refractivity contribution is 0.358. The smallest absolute Gasteiger partial charge is 0.0153 e. The van der Waals surface area contributed by atoms with Gasteiger partial charge in [0.15, 0.2) is 0 Å². The first-order valence-electron chi connectivity index (χ1n) is 7.00. The Hall–Kier alpha value is -0.820. The first-order valence-corrected chi connectivity index (χ1v) is 7.00.